The molecule has 0 fully saturated rings. The maximum absolute atomic E-state index is 11.3. The zero-order valence-electron chi connectivity index (χ0n) is 10.9. The molecule has 10 heteroatoms. The fraction of sp³-hybridized carbons (Fsp3) is 0.0833. The summed E-state index contributed by atoms with van der Waals surface area (Å²) < 4.78 is 11.3. The third-order valence-electron chi connectivity index (χ3n) is 2.65. The summed E-state index contributed by atoms with van der Waals surface area (Å²) in [6.07, 6.45) is 1.53. The first-order valence-electron chi connectivity index (χ1n) is 5.89. The van der Waals surface area contributed by atoms with Crippen LogP contribution in [0.2, 0.25) is 0 Å². The maximum atomic E-state index is 11.3. The van der Waals surface area contributed by atoms with Crippen LogP contribution in [-0.2, 0) is 4.57 Å². The van der Waals surface area contributed by atoms with E-state index in [1.54, 1.807) is 18.2 Å². The molecule has 1 atom stereocenters. The Morgan fingerprint density at radius 1 is 1.27 bits per heavy atom. The van der Waals surface area contributed by atoms with Crippen LogP contribution in [0.5, 0.6) is 0 Å². The van der Waals surface area contributed by atoms with Gasteiger partial charge in [0, 0.05) is 28.8 Å². The molecule has 2 aromatic rings. The van der Waals surface area contributed by atoms with Crippen molar-refractivity contribution in [2.24, 2.45) is 0 Å². The Labute approximate surface area is 129 Å². The lowest BCUT2D eigenvalue weighted by molar-refractivity contribution is -0.385. The summed E-state index contributed by atoms with van der Waals surface area (Å²) >= 11 is 1.04. The summed E-state index contributed by atoms with van der Waals surface area (Å²) in [5.41, 5.74) is -0.578. The molecular weight excluding hydrogens is 331 g/mol. The van der Waals surface area contributed by atoms with Gasteiger partial charge in [0.1, 0.15) is 5.03 Å². The van der Waals surface area contributed by atoms with Crippen molar-refractivity contribution in [3.8, 4) is 0 Å². The molecule has 0 spiro atoms. The molecule has 0 bridgehead atoms. The number of benzene rings is 1. The largest absolute Gasteiger partial charge is 0.376 e. The van der Waals surface area contributed by atoms with E-state index in [0.717, 1.165) is 17.8 Å². The molecule has 0 aliphatic carbocycles. The van der Waals surface area contributed by atoms with Gasteiger partial charge in [-0.3, -0.25) is 14.7 Å². The monoisotopic (exact) mass is 342 g/mol. The number of non-ortho nitro benzene ring substituents is 1. The van der Waals surface area contributed by atoms with Crippen molar-refractivity contribution in [2.45, 2.75) is 15.8 Å². The third kappa shape index (κ3) is 3.90. The number of hydrogen-bond donors (Lipinski definition) is 3. The van der Waals surface area contributed by atoms with E-state index in [2.05, 4.69) is 4.98 Å². The summed E-state index contributed by atoms with van der Waals surface area (Å²) in [7, 11) is -4.86. The normalized spacial score (nSPS) is 12.9. The molecule has 0 saturated carbocycles. The maximum Gasteiger partial charge on any atom is 0.358 e. The van der Waals surface area contributed by atoms with E-state index in [1.165, 1.54) is 18.3 Å². The third-order valence-corrected chi connectivity index (χ3v) is 4.61. The number of aliphatic hydroxyl groups is 1. The highest BCUT2D eigenvalue weighted by Gasteiger charge is 2.31. The lowest BCUT2D eigenvalue weighted by Crippen LogP contribution is -2.02. The van der Waals surface area contributed by atoms with E-state index in [9.17, 15) is 19.8 Å². The molecule has 1 aromatic heterocycles. The quantitative estimate of drug-likeness (QED) is 0.428. The zero-order valence-corrected chi connectivity index (χ0v) is 12.6. The molecule has 1 heterocycles. The van der Waals surface area contributed by atoms with Crippen molar-refractivity contribution in [3.63, 3.8) is 0 Å². The number of nitro groups is 1. The van der Waals surface area contributed by atoms with Crippen LogP contribution < -0.4 is 0 Å². The molecule has 116 valence electrons. The van der Waals surface area contributed by atoms with E-state index in [4.69, 9.17) is 9.79 Å². The molecule has 0 aliphatic heterocycles. The molecular formula is C12H11N2O6PS. The Morgan fingerprint density at radius 2 is 2.00 bits per heavy atom. The van der Waals surface area contributed by atoms with Crippen molar-refractivity contribution >= 4 is 25.0 Å². The summed E-state index contributed by atoms with van der Waals surface area (Å²) in [4.78, 5) is 32.7. The van der Waals surface area contributed by atoms with Crippen molar-refractivity contribution < 1.29 is 24.4 Å². The summed E-state index contributed by atoms with van der Waals surface area (Å²) in [5.74, 6) is -2.14. The van der Waals surface area contributed by atoms with Crippen molar-refractivity contribution in [1.82, 2.24) is 4.98 Å². The Morgan fingerprint density at radius 3 is 2.55 bits per heavy atom. The van der Waals surface area contributed by atoms with Crippen molar-refractivity contribution in [3.05, 3.63) is 58.3 Å². The molecule has 0 radical (unpaired) electrons. The van der Waals surface area contributed by atoms with Crippen LogP contribution in [0.1, 0.15) is 11.4 Å². The SMILES string of the molecule is O=[N+]([O-])c1ccc(Sc2ccccn2)c(C(O)P(=O)(O)O)c1. The summed E-state index contributed by atoms with van der Waals surface area (Å²) in [6.45, 7) is 0. The number of aromatic nitrogens is 1. The Kier molecular flexibility index (Phi) is 4.94. The number of aliphatic hydroxyl groups excluding tert-OH is 1. The predicted octanol–water partition coefficient (Wildman–Crippen LogP) is 2.31. The van der Waals surface area contributed by atoms with Gasteiger partial charge in [-0.25, -0.2) is 4.98 Å². The second-order valence-electron chi connectivity index (χ2n) is 4.21. The van der Waals surface area contributed by atoms with Gasteiger partial charge in [0.15, 0.2) is 5.85 Å². The first-order valence-corrected chi connectivity index (χ1v) is 8.39. The van der Waals surface area contributed by atoms with Crippen LogP contribution in [0.3, 0.4) is 0 Å². The van der Waals surface area contributed by atoms with Gasteiger partial charge in [0.25, 0.3) is 5.69 Å². The number of nitro benzene ring substituents is 1. The van der Waals surface area contributed by atoms with Crippen LogP contribution >= 0.6 is 19.4 Å². The van der Waals surface area contributed by atoms with E-state index in [-0.39, 0.29) is 16.1 Å². The zero-order chi connectivity index (χ0) is 16.3. The molecule has 22 heavy (non-hydrogen) atoms. The second kappa shape index (κ2) is 6.55. The van der Waals surface area contributed by atoms with Gasteiger partial charge in [0.05, 0.1) is 4.92 Å². The van der Waals surface area contributed by atoms with Gasteiger partial charge in [-0.05, 0) is 18.2 Å². The highest BCUT2D eigenvalue weighted by molar-refractivity contribution is 7.99. The molecule has 2 rings (SSSR count). The molecule has 1 aromatic carbocycles. The van der Waals surface area contributed by atoms with Gasteiger partial charge >= 0.3 is 7.60 Å². The highest BCUT2D eigenvalue weighted by atomic mass is 32.2. The summed E-state index contributed by atoms with van der Waals surface area (Å²) in [5, 5.41) is 21.1. The van der Waals surface area contributed by atoms with Gasteiger partial charge in [-0.15, -0.1) is 0 Å². The second-order valence-corrected chi connectivity index (χ2v) is 6.94. The van der Waals surface area contributed by atoms with Crippen LogP contribution in [0.25, 0.3) is 0 Å². The molecule has 1 unspecified atom stereocenters. The van der Waals surface area contributed by atoms with Crippen LogP contribution in [0.15, 0.2) is 52.5 Å². The first-order chi connectivity index (χ1) is 10.3. The van der Waals surface area contributed by atoms with Crippen LogP contribution in [0.4, 0.5) is 5.69 Å². The summed E-state index contributed by atoms with van der Waals surface area (Å²) in [6, 6.07) is 8.56. The molecule has 3 N–H and O–H groups in total. The van der Waals surface area contributed by atoms with Crippen LogP contribution in [-0.4, -0.2) is 24.8 Å². The predicted molar refractivity (Wildman–Crippen MR) is 78.5 cm³/mol. The molecule has 0 amide bonds. The Bertz CT molecular complexity index is 736. The number of pyridine rings is 1. The van der Waals surface area contributed by atoms with Gasteiger partial charge in [-0.1, -0.05) is 17.8 Å². The Hall–Kier alpha value is -1.77. The lowest BCUT2D eigenvalue weighted by atomic mass is 10.2. The number of rotatable bonds is 5. The minimum atomic E-state index is -4.86. The minimum absolute atomic E-state index is 0.210. The van der Waals surface area contributed by atoms with Crippen LogP contribution in [0, 0.1) is 10.1 Å². The number of nitrogens with zero attached hydrogens (tertiary/aromatic N) is 2. The van der Waals surface area contributed by atoms with Crippen molar-refractivity contribution in [1.29, 1.82) is 0 Å². The number of hydrogen-bond acceptors (Lipinski definition) is 6. The highest BCUT2D eigenvalue weighted by Crippen LogP contribution is 2.52. The standard InChI is InChI=1S/C12H11N2O6PS/c15-12(21(18,19)20)9-7-8(14(16)17)4-5-10(9)22-11-3-1-2-6-13-11/h1-7,12,15H,(H2,18,19,20). The lowest BCUT2D eigenvalue weighted by Gasteiger charge is -2.16. The fourth-order valence-electron chi connectivity index (χ4n) is 1.65. The average molecular weight is 342 g/mol. The van der Waals surface area contributed by atoms with Gasteiger partial charge in [0.2, 0.25) is 0 Å². The van der Waals surface area contributed by atoms with E-state index < -0.39 is 18.4 Å². The smallest absolute Gasteiger partial charge is 0.358 e. The van der Waals surface area contributed by atoms with Gasteiger partial charge in [-0.2, -0.15) is 0 Å². The minimum Gasteiger partial charge on any atom is -0.376 e. The van der Waals surface area contributed by atoms with E-state index in [0.29, 0.717) is 5.03 Å². The molecule has 0 aliphatic rings. The van der Waals surface area contributed by atoms with Gasteiger partial charge < -0.3 is 14.9 Å². The average Bonchev–Trinajstić information content (AvgIpc) is 2.47. The van der Waals surface area contributed by atoms with E-state index in [1.807, 2.05) is 0 Å². The van der Waals surface area contributed by atoms with Crippen molar-refractivity contribution in [2.75, 3.05) is 0 Å². The fourth-order valence-corrected chi connectivity index (χ4v) is 3.22. The topological polar surface area (TPSA) is 134 Å². The molecule has 0 saturated heterocycles. The molecule has 8 nitrogen and oxygen atoms in total. The Balaban J connectivity index is 2.48. The van der Waals surface area contributed by atoms with E-state index >= 15 is 0 Å². The first kappa shape index (κ1) is 16.6.